The molecule has 24 heavy (non-hydrogen) atoms. The predicted molar refractivity (Wildman–Crippen MR) is 80.8 cm³/mol. The molecule has 0 fully saturated rings. The fourth-order valence-electron chi connectivity index (χ4n) is 1.81. The van der Waals surface area contributed by atoms with Gasteiger partial charge in [-0.25, -0.2) is 4.79 Å². The van der Waals surface area contributed by atoms with Crippen LogP contribution < -0.4 is 5.32 Å². The quantitative estimate of drug-likeness (QED) is 0.289. The summed E-state index contributed by atoms with van der Waals surface area (Å²) in [5, 5.41) is 12.2. The van der Waals surface area contributed by atoms with Crippen LogP contribution in [0.1, 0.15) is 38.6 Å². The normalized spacial score (nSPS) is 12.8. The summed E-state index contributed by atoms with van der Waals surface area (Å²) in [4.78, 5) is 38.0. The van der Waals surface area contributed by atoms with Crippen LogP contribution in [0.15, 0.2) is 22.8 Å². The zero-order valence-corrected chi connectivity index (χ0v) is 13.3. The fraction of sp³-hybridized carbons (Fsp3) is 0.467. The summed E-state index contributed by atoms with van der Waals surface area (Å²) in [5.74, 6) is -2.11. The van der Waals surface area contributed by atoms with Gasteiger partial charge in [0.2, 0.25) is 5.78 Å². The second-order valence-corrected chi connectivity index (χ2v) is 5.21. The maximum Gasteiger partial charge on any atom is 0.328 e. The predicted octanol–water partition coefficient (Wildman–Crippen LogP) is 0.399. The highest BCUT2D eigenvalue weighted by Gasteiger charge is 2.28. The zero-order chi connectivity index (χ0) is 18.1. The Bertz CT molecular complexity index is 619. The van der Waals surface area contributed by atoms with Crippen LogP contribution >= 0.6 is 0 Å². The van der Waals surface area contributed by atoms with Gasteiger partial charge in [-0.05, 0) is 32.4 Å². The molecule has 1 rings (SSSR count). The number of hydrogen-bond acceptors (Lipinski definition) is 6. The Hall–Kier alpha value is -2.77. The SMILES string of the molecule is CC(C)OC(=O)[C@H](CCC(=O)C=[N+]=[N-])NC(=O)[C@@H](O)c1ccco1. The van der Waals surface area contributed by atoms with E-state index < -0.39 is 35.9 Å². The Morgan fingerprint density at radius 3 is 2.71 bits per heavy atom. The molecule has 2 atom stereocenters. The topological polar surface area (TPSA) is 142 Å². The molecule has 0 bridgehead atoms. The number of rotatable bonds is 9. The highest BCUT2D eigenvalue weighted by Crippen LogP contribution is 2.14. The van der Waals surface area contributed by atoms with Gasteiger partial charge in [-0.1, -0.05) is 0 Å². The van der Waals surface area contributed by atoms with Crippen molar-refractivity contribution in [3.05, 3.63) is 29.7 Å². The molecule has 0 saturated heterocycles. The van der Waals surface area contributed by atoms with Gasteiger partial charge in [0.05, 0.1) is 12.4 Å². The van der Waals surface area contributed by atoms with E-state index in [4.69, 9.17) is 14.7 Å². The average Bonchev–Trinajstić information content (AvgIpc) is 3.04. The number of hydrogen-bond donors (Lipinski definition) is 2. The number of nitrogens with zero attached hydrogens (tertiary/aromatic N) is 2. The second kappa shape index (κ2) is 9.39. The molecule has 0 aliphatic heterocycles. The molecule has 2 N–H and O–H groups in total. The fourth-order valence-corrected chi connectivity index (χ4v) is 1.81. The Morgan fingerprint density at radius 1 is 1.46 bits per heavy atom. The highest BCUT2D eigenvalue weighted by molar-refractivity contribution is 6.25. The van der Waals surface area contributed by atoms with Gasteiger partial charge < -0.3 is 25.1 Å². The summed E-state index contributed by atoms with van der Waals surface area (Å²) < 4.78 is 9.95. The van der Waals surface area contributed by atoms with Gasteiger partial charge >= 0.3 is 12.2 Å². The lowest BCUT2D eigenvalue weighted by atomic mass is 10.1. The third-order valence-corrected chi connectivity index (χ3v) is 2.90. The maximum atomic E-state index is 12.0. The van der Waals surface area contributed by atoms with Crippen molar-refractivity contribution in [3.63, 3.8) is 0 Å². The van der Waals surface area contributed by atoms with E-state index in [9.17, 15) is 19.5 Å². The first-order chi connectivity index (χ1) is 11.3. The molecule has 1 aromatic heterocycles. The monoisotopic (exact) mass is 337 g/mol. The van der Waals surface area contributed by atoms with Crippen LogP contribution in [0, 0.1) is 0 Å². The summed E-state index contributed by atoms with van der Waals surface area (Å²) in [7, 11) is 0. The minimum absolute atomic E-state index is 0.0203. The summed E-state index contributed by atoms with van der Waals surface area (Å²) in [6.45, 7) is 3.27. The Kier molecular flexibility index (Phi) is 7.54. The van der Waals surface area contributed by atoms with E-state index in [2.05, 4.69) is 10.1 Å². The summed E-state index contributed by atoms with van der Waals surface area (Å²) in [6, 6.07) is 1.77. The number of aliphatic hydroxyl groups is 1. The molecule has 9 nitrogen and oxygen atoms in total. The standard InChI is InChI=1S/C15H19N3O6/c1-9(2)24-15(22)11(6-5-10(19)8-17-16)18-14(21)13(20)12-4-3-7-23-12/h3-4,7-9,11,13,20H,5-6H2,1-2H3,(H,18,21)/t11-,13-/m0/s1. The summed E-state index contributed by atoms with van der Waals surface area (Å²) >= 11 is 0. The minimum Gasteiger partial charge on any atom is -0.466 e. The number of ether oxygens (including phenoxy) is 1. The van der Waals surface area contributed by atoms with Gasteiger partial charge in [0, 0.05) is 6.42 Å². The Labute approximate surface area is 138 Å². The number of esters is 1. The van der Waals surface area contributed by atoms with Crippen LogP contribution in [0.3, 0.4) is 0 Å². The van der Waals surface area contributed by atoms with Crippen molar-refractivity contribution in [3.8, 4) is 0 Å². The van der Waals surface area contributed by atoms with Crippen molar-refractivity contribution < 1.29 is 33.4 Å². The van der Waals surface area contributed by atoms with E-state index in [1.165, 1.54) is 18.4 Å². The molecule has 9 heteroatoms. The second-order valence-electron chi connectivity index (χ2n) is 5.21. The molecule has 1 aromatic rings. The lowest BCUT2D eigenvalue weighted by Gasteiger charge is -2.19. The number of carbonyl (C=O) groups excluding carboxylic acids is 3. The van der Waals surface area contributed by atoms with Crippen molar-refractivity contribution in [2.24, 2.45) is 0 Å². The molecule has 0 aliphatic rings. The van der Waals surface area contributed by atoms with Crippen molar-refractivity contribution in [1.82, 2.24) is 5.32 Å². The van der Waals surface area contributed by atoms with Gasteiger partial charge in [0.25, 0.3) is 5.91 Å². The van der Waals surface area contributed by atoms with Gasteiger partial charge in [0.1, 0.15) is 11.8 Å². The molecule has 0 spiro atoms. The van der Waals surface area contributed by atoms with E-state index in [0.717, 1.165) is 0 Å². The molecule has 1 heterocycles. The smallest absolute Gasteiger partial charge is 0.328 e. The molecule has 130 valence electrons. The maximum absolute atomic E-state index is 12.0. The first kappa shape index (κ1) is 19.3. The number of furan rings is 1. The van der Waals surface area contributed by atoms with Crippen LogP contribution in [0.2, 0.25) is 0 Å². The lowest BCUT2D eigenvalue weighted by Crippen LogP contribution is -2.44. The lowest BCUT2D eigenvalue weighted by molar-refractivity contribution is -0.152. The van der Waals surface area contributed by atoms with Gasteiger partial charge in [0.15, 0.2) is 6.10 Å². The van der Waals surface area contributed by atoms with Crippen LogP contribution in [0.25, 0.3) is 5.53 Å². The summed E-state index contributed by atoms with van der Waals surface area (Å²) in [5.41, 5.74) is 8.30. The largest absolute Gasteiger partial charge is 0.466 e. The van der Waals surface area contributed by atoms with E-state index in [0.29, 0.717) is 6.21 Å². The van der Waals surface area contributed by atoms with E-state index in [1.54, 1.807) is 13.8 Å². The van der Waals surface area contributed by atoms with E-state index in [1.807, 2.05) is 0 Å². The zero-order valence-electron chi connectivity index (χ0n) is 13.3. The number of ketones is 1. The molecule has 0 saturated carbocycles. The third-order valence-electron chi connectivity index (χ3n) is 2.90. The number of aliphatic hydroxyl groups excluding tert-OH is 1. The van der Waals surface area contributed by atoms with E-state index >= 15 is 0 Å². The minimum atomic E-state index is -1.59. The summed E-state index contributed by atoms with van der Waals surface area (Å²) in [6.07, 6.45) is -0.245. The van der Waals surface area contributed by atoms with E-state index in [-0.39, 0.29) is 18.6 Å². The van der Waals surface area contributed by atoms with Crippen molar-refractivity contribution in [2.75, 3.05) is 0 Å². The van der Waals surface area contributed by atoms with Crippen LogP contribution in [0.4, 0.5) is 0 Å². The number of nitrogens with one attached hydrogen (secondary N) is 1. The van der Waals surface area contributed by atoms with Gasteiger partial charge in [-0.15, -0.1) is 0 Å². The molecule has 0 aromatic carbocycles. The van der Waals surface area contributed by atoms with Gasteiger partial charge in [-0.2, -0.15) is 4.79 Å². The number of Topliss-reactive ketones (excluding diaryl/α,β-unsaturated/α-hetero) is 1. The molecule has 0 aliphatic carbocycles. The van der Waals surface area contributed by atoms with Crippen molar-refractivity contribution >= 4 is 23.9 Å². The molecular formula is C15H19N3O6. The molecular weight excluding hydrogens is 318 g/mol. The first-order valence-electron chi connectivity index (χ1n) is 7.27. The van der Waals surface area contributed by atoms with Crippen molar-refractivity contribution in [2.45, 2.75) is 44.9 Å². The van der Waals surface area contributed by atoms with Crippen LogP contribution in [-0.4, -0.2) is 45.9 Å². The first-order valence-corrected chi connectivity index (χ1v) is 7.27. The van der Waals surface area contributed by atoms with Crippen LogP contribution in [-0.2, 0) is 19.1 Å². The highest BCUT2D eigenvalue weighted by atomic mass is 16.5. The molecule has 0 radical (unpaired) electrons. The number of amides is 1. The molecule has 0 unspecified atom stereocenters. The third kappa shape index (κ3) is 6.15. The average molecular weight is 337 g/mol. The van der Waals surface area contributed by atoms with Crippen LogP contribution in [0.5, 0.6) is 0 Å². The Balaban J connectivity index is 2.76. The van der Waals surface area contributed by atoms with Crippen molar-refractivity contribution in [1.29, 1.82) is 0 Å². The Morgan fingerprint density at radius 2 is 2.17 bits per heavy atom. The van der Waals surface area contributed by atoms with Gasteiger partial charge in [-0.3, -0.25) is 9.59 Å². The molecule has 1 amide bonds. The number of carbonyl (C=O) groups is 3.